The van der Waals surface area contributed by atoms with E-state index < -0.39 is 11.5 Å². The molecule has 1 heterocycles. The van der Waals surface area contributed by atoms with Crippen molar-refractivity contribution in [3.05, 3.63) is 18.0 Å². The lowest BCUT2D eigenvalue weighted by Gasteiger charge is -2.28. The molecule has 1 aromatic heterocycles. The van der Waals surface area contributed by atoms with Crippen molar-refractivity contribution in [1.82, 2.24) is 15.3 Å². The Morgan fingerprint density at radius 3 is 2.55 bits per heavy atom. The molecule has 0 aliphatic rings. The molecule has 0 saturated heterocycles. The van der Waals surface area contributed by atoms with Crippen molar-refractivity contribution in [2.75, 3.05) is 5.75 Å². The van der Waals surface area contributed by atoms with Gasteiger partial charge in [0.15, 0.2) is 5.16 Å². The maximum Gasteiger partial charge on any atom is 0.323 e. The molecular formula is C14H23N3O2S. The highest BCUT2D eigenvalue weighted by molar-refractivity contribution is 7.99. The number of hydrogen-bond donors (Lipinski definition) is 2. The second-order valence-corrected chi connectivity index (χ2v) is 6.49. The van der Waals surface area contributed by atoms with Crippen LogP contribution in [0, 0.1) is 6.92 Å². The van der Waals surface area contributed by atoms with Crippen LogP contribution in [-0.4, -0.2) is 38.4 Å². The SMILES string of the molecule is Cc1cnc(SCCCC(C)(NC(C)C)C(=O)O)nc1. The normalized spacial score (nSPS) is 14.2. The molecule has 1 aromatic rings. The lowest BCUT2D eigenvalue weighted by atomic mass is 9.95. The average Bonchev–Trinajstić information content (AvgIpc) is 2.36. The van der Waals surface area contributed by atoms with Crippen molar-refractivity contribution in [1.29, 1.82) is 0 Å². The number of carboxylic acids is 1. The van der Waals surface area contributed by atoms with Gasteiger partial charge in [-0.15, -0.1) is 0 Å². The molecule has 0 aliphatic carbocycles. The van der Waals surface area contributed by atoms with Gasteiger partial charge in [-0.05, 0) is 46.1 Å². The molecule has 0 aromatic carbocycles. The van der Waals surface area contributed by atoms with E-state index in [0.717, 1.165) is 22.9 Å². The molecule has 6 heteroatoms. The number of carboxylic acid groups (broad SMARTS) is 1. The minimum atomic E-state index is -0.872. The van der Waals surface area contributed by atoms with E-state index in [1.165, 1.54) is 0 Å². The van der Waals surface area contributed by atoms with Crippen LogP contribution in [0.2, 0.25) is 0 Å². The summed E-state index contributed by atoms with van der Waals surface area (Å²) in [5.41, 5.74) is 0.164. The Morgan fingerprint density at radius 2 is 2.05 bits per heavy atom. The molecule has 0 fully saturated rings. The summed E-state index contributed by atoms with van der Waals surface area (Å²) in [6.45, 7) is 7.60. The van der Waals surface area contributed by atoms with E-state index in [0.29, 0.717) is 6.42 Å². The van der Waals surface area contributed by atoms with E-state index in [2.05, 4.69) is 15.3 Å². The fourth-order valence-electron chi connectivity index (χ4n) is 1.92. The van der Waals surface area contributed by atoms with E-state index in [-0.39, 0.29) is 6.04 Å². The van der Waals surface area contributed by atoms with Gasteiger partial charge in [-0.2, -0.15) is 0 Å². The fraction of sp³-hybridized carbons (Fsp3) is 0.643. The molecule has 112 valence electrons. The Balaban J connectivity index is 2.41. The first kappa shape index (κ1) is 16.9. The molecule has 2 N–H and O–H groups in total. The Labute approximate surface area is 124 Å². The van der Waals surface area contributed by atoms with Gasteiger partial charge in [0.25, 0.3) is 0 Å². The van der Waals surface area contributed by atoms with Crippen molar-refractivity contribution in [2.24, 2.45) is 0 Å². The van der Waals surface area contributed by atoms with E-state index in [1.807, 2.05) is 20.8 Å². The Kier molecular flexibility index (Phi) is 6.42. The molecule has 1 unspecified atom stereocenters. The van der Waals surface area contributed by atoms with Gasteiger partial charge < -0.3 is 5.11 Å². The third-order valence-corrected chi connectivity index (χ3v) is 3.85. The predicted molar refractivity (Wildman–Crippen MR) is 81.0 cm³/mol. The van der Waals surface area contributed by atoms with Crippen LogP contribution in [0.3, 0.4) is 0 Å². The summed E-state index contributed by atoms with van der Waals surface area (Å²) in [7, 11) is 0. The van der Waals surface area contributed by atoms with Crippen LogP contribution in [0.25, 0.3) is 0 Å². The van der Waals surface area contributed by atoms with Gasteiger partial charge in [-0.25, -0.2) is 9.97 Å². The van der Waals surface area contributed by atoms with Crippen molar-refractivity contribution in [3.8, 4) is 0 Å². The zero-order valence-electron chi connectivity index (χ0n) is 12.5. The van der Waals surface area contributed by atoms with Crippen LogP contribution < -0.4 is 5.32 Å². The second-order valence-electron chi connectivity index (χ2n) is 5.43. The first-order chi connectivity index (χ1) is 9.33. The largest absolute Gasteiger partial charge is 0.480 e. The summed E-state index contributed by atoms with van der Waals surface area (Å²) in [6, 6.07) is 0.143. The molecule has 20 heavy (non-hydrogen) atoms. The van der Waals surface area contributed by atoms with Crippen LogP contribution in [0.5, 0.6) is 0 Å². The van der Waals surface area contributed by atoms with Crippen LogP contribution in [-0.2, 0) is 4.79 Å². The van der Waals surface area contributed by atoms with E-state index >= 15 is 0 Å². The number of rotatable bonds is 8. The number of aryl methyl sites for hydroxylation is 1. The summed E-state index contributed by atoms with van der Waals surface area (Å²) in [5.74, 6) is 0.00824. The maximum atomic E-state index is 11.4. The summed E-state index contributed by atoms with van der Waals surface area (Å²) in [4.78, 5) is 19.8. The number of aliphatic carboxylic acids is 1. The number of carbonyl (C=O) groups is 1. The third kappa shape index (κ3) is 5.46. The summed E-state index contributed by atoms with van der Waals surface area (Å²) < 4.78 is 0. The van der Waals surface area contributed by atoms with Gasteiger partial charge in [0.1, 0.15) is 5.54 Å². The predicted octanol–water partition coefficient (Wildman–Crippen LogP) is 2.50. The lowest BCUT2D eigenvalue weighted by molar-refractivity contribution is -0.144. The van der Waals surface area contributed by atoms with Gasteiger partial charge in [0, 0.05) is 24.2 Å². The minimum Gasteiger partial charge on any atom is -0.480 e. The maximum absolute atomic E-state index is 11.4. The number of nitrogens with one attached hydrogen (secondary N) is 1. The van der Waals surface area contributed by atoms with Crippen molar-refractivity contribution >= 4 is 17.7 Å². The highest BCUT2D eigenvalue weighted by atomic mass is 32.2. The minimum absolute atomic E-state index is 0.143. The van der Waals surface area contributed by atoms with Crippen LogP contribution >= 0.6 is 11.8 Å². The zero-order chi connectivity index (χ0) is 15.2. The summed E-state index contributed by atoms with van der Waals surface area (Å²) in [5, 5.41) is 13.2. The average molecular weight is 297 g/mol. The first-order valence-corrected chi connectivity index (χ1v) is 7.74. The third-order valence-electron chi connectivity index (χ3n) is 2.89. The van der Waals surface area contributed by atoms with E-state index in [1.54, 1.807) is 31.1 Å². The Morgan fingerprint density at radius 1 is 1.45 bits per heavy atom. The van der Waals surface area contributed by atoms with Crippen molar-refractivity contribution in [2.45, 2.75) is 57.3 Å². The highest BCUT2D eigenvalue weighted by Gasteiger charge is 2.32. The van der Waals surface area contributed by atoms with E-state index in [4.69, 9.17) is 0 Å². The van der Waals surface area contributed by atoms with Gasteiger partial charge >= 0.3 is 5.97 Å². The van der Waals surface area contributed by atoms with Gasteiger partial charge in [0.05, 0.1) is 0 Å². The molecular weight excluding hydrogens is 274 g/mol. The Hall–Kier alpha value is -1.14. The smallest absolute Gasteiger partial charge is 0.323 e. The van der Waals surface area contributed by atoms with Crippen LogP contribution in [0.1, 0.15) is 39.2 Å². The molecule has 0 amide bonds. The molecule has 1 rings (SSSR count). The fourth-order valence-corrected chi connectivity index (χ4v) is 2.65. The molecule has 0 aliphatic heterocycles. The van der Waals surface area contributed by atoms with E-state index in [9.17, 15) is 9.90 Å². The van der Waals surface area contributed by atoms with Gasteiger partial charge in [-0.1, -0.05) is 11.8 Å². The van der Waals surface area contributed by atoms with Gasteiger partial charge in [-0.3, -0.25) is 10.1 Å². The molecule has 0 radical (unpaired) electrons. The topological polar surface area (TPSA) is 75.1 Å². The first-order valence-electron chi connectivity index (χ1n) is 6.76. The number of hydrogen-bond acceptors (Lipinski definition) is 5. The quantitative estimate of drug-likeness (QED) is 0.436. The number of aromatic nitrogens is 2. The molecule has 0 saturated carbocycles. The van der Waals surface area contributed by atoms with Crippen LogP contribution in [0.4, 0.5) is 0 Å². The monoisotopic (exact) mass is 297 g/mol. The van der Waals surface area contributed by atoms with Gasteiger partial charge in [0.2, 0.25) is 0 Å². The summed E-state index contributed by atoms with van der Waals surface area (Å²) >= 11 is 1.56. The Bertz CT molecular complexity index is 437. The van der Waals surface area contributed by atoms with Crippen molar-refractivity contribution in [3.63, 3.8) is 0 Å². The zero-order valence-corrected chi connectivity index (χ0v) is 13.3. The molecule has 5 nitrogen and oxygen atoms in total. The number of nitrogens with zero attached hydrogens (tertiary/aromatic N) is 2. The summed E-state index contributed by atoms with van der Waals surface area (Å²) in [6.07, 6.45) is 4.96. The molecule has 1 atom stereocenters. The highest BCUT2D eigenvalue weighted by Crippen LogP contribution is 2.19. The number of thioether (sulfide) groups is 1. The lowest BCUT2D eigenvalue weighted by Crippen LogP contribution is -2.52. The second kappa shape index (κ2) is 7.59. The molecule has 0 bridgehead atoms. The molecule has 0 spiro atoms. The van der Waals surface area contributed by atoms with Crippen molar-refractivity contribution < 1.29 is 9.90 Å². The van der Waals surface area contributed by atoms with Crippen LogP contribution in [0.15, 0.2) is 17.6 Å². The standard InChI is InChI=1S/C14H23N3O2S/c1-10(2)17-14(4,12(18)19)6-5-7-20-13-15-8-11(3)9-16-13/h8-10,17H,5-7H2,1-4H3,(H,18,19).